The highest BCUT2D eigenvalue weighted by atomic mass is 16.6. The molecule has 7 heteroatoms. The Morgan fingerprint density at radius 2 is 2.00 bits per heavy atom. The number of benzene rings is 1. The number of hydrogen-bond acceptors (Lipinski definition) is 4. The Labute approximate surface area is 122 Å². The van der Waals surface area contributed by atoms with Crippen LogP contribution in [0.4, 0.5) is 11.4 Å². The molecule has 0 aliphatic carbocycles. The molecule has 1 saturated heterocycles. The maximum atomic E-state index is 12.5. The number of quaternary nitrogens is 1. The quantitative estimate of drug-likeness (QED) is 0.475. The van der Waals surface area contributed by atoms with Crippen molar-refractivity contribution in [2.45, 2.75) is 26.3 Å². The molecule has 1 aromatic rings. The van der Waals surface area contributed by atoms with Gasteiger partial charge in [0.15, 0.2) is 6.04 Å². The summed E-state index contributed by atoms with van der Waals surface area (Å²) in [6.45, 7) is 5.44. The lowest BCUT2D eigenvalue weighted by Crippen LogP contribution is -3.16. The lowest BCUT2D eigenvalue weighted by atomic mass is 10.2. The Balaban J connectivity index is 2.32. The Hall–Kier alpha value is -2.28. The fourth-order valence-electron chi connectivity index (χ4n) is 2.71. The number of rotatable bonds is 5. The highest BCUT2D eigenvalue weighted by Crippen LogP contribution is 2.25. The van der Waals surface area contributed by atoms with Gasteiger partial charge < -0.3 is 4.90 Å². The van der Waals surface area contributed by atoms with Crippen LogP contribution in [0, 0.1) is 10.1 Å². The van der Waals surface area contributed by atoms with Gasteiger partial charge in [0.25, 0.3) is 11.6 Å². The standard InChI is InChI=1S/C14H17N3O4/c1-3-15(4-2)12-9-13(18)16(14(12)19)10-6-5-7-11(8-10)17(20)21/h5-8,12H,3-4,9H2,1-2H3/p+1. The van der Waals surface area contributed by atoms with Crippen molar-refractivity contribution in [2.24, 2.45) is 0 Å². The van der Waals surface area contributed by atoms with Crippen molar-refractivity contribution in [1.29, 1.82) is 0 Å². The molecule has 0 aromatic heterocycles. The third-order valence-corrected chi connectivity index (χ3v) is 3.85. The van der Waals surface area contributed by atoms with E-state index in [1.54, 1.807) is 6.07 Å². The monoisotopic (exact) mass is 292 g/mol. The smallest absolute Gasteiger partial charge is 0.292 e. The normalized spacial score (nSPS) is 18.6. The van der Waals surface area contributed by atoms with E-state index in [9.17, 15) is 19.7 Å². The van der Waals surface area contributed by atoms with Gasteiger partial charge in [-0.2, -0.15) is 0 Å². The van der Waals surface area contributed by atoms with Gasteiger partial charge in [0.1, 0.15) is 0 Å². The zero-order valence-corrected chi connectivity index (χ0v) is 12.0. The number of amides is 2. The molecule has 2 rings (SSSR count). The van der Waals surface area contributed by atoms with Gasteiger partial charge in [0.2, 0.25) is 5.91 Å². The summed E-state index contributed by atoms with van der Waals surface area (Å²) >= 11 is 0. The summed E-state index contributed by atoms with van der Waals surface area (Å²) in [5, 5.41) is 10.8. The van der Waals surface area contributed by atoms with Crippen LogP contribution in [0.1, 0.15) is 20.3 Å². The maximum absolute atomic E-state index is 12.5. The number of nitrogens with zero attached hydrogens (tertiary/aromatic N) is 2. The second-order valence-corrected chi connectivity index (χ2v) is 4.97. The van der Waals surface area contributed by atoms with Gasteiger partial charge in [0, 0.05) is 12.1 Å². The van der Waals surface area contributed by atoms with Crippen molar-refractivity contribution in [1.82, 2.24) is 0 Å². The zero-order chi connectivity index (χ0) is 15.6. The molecule has 1 N–H and O–H groups in total. The van der Waals surface area contributed by atoms with E-state index in [1.807, 2.05) is 13.8 Å². The van der Waals surface area contributed by atoms with Crippen LogP contribution < -0.4 is 9.80 Å². The molecule has 0 radical (unpaired) electrons. The first-order valence-electron chi connectivity index (χ1n) is 6.95. The molecule has 0 saturated carbocycles. The van der Waals surface area contributed by atoms with Gasteiger partial charge in [0.05, 0.1) is 30.1 Å². The zero-order valence-electron chi connectivity index (χ0n) is 12.0. The first kappa shape index (κ1) is 15.1. The van der Waals surface area contributed by atoms with Crippen LogP contribution in [-0.2, 0) is 9.59 Å². The van der Waals surface area contributed by atoms with E-state index >= 15 is 0 Å². The molecule has 112 valence electrons. The van der Waals surface area contributed by atoms with Gasteiger partial charge in [-0.25, -0.2) is 4.90 Å². The van der Waals surface area contributed by atoms with Crippen LogP contribution in [0.5, 0.6) is 0 Å². The lowest BCUT2D eigenvalue weighted by molar-refractivity contribution is -0.911. The van der Waals surface area contributed by atoms with Crippen molar-refractivity contribution in [3.05, 3.63) is 34.4 Å². The van der Waals surface area contributed by atoms with Gasteiger partial charge in [-0.15, -0.1) is 0 Å². The number of non-ortho nitro benzene ring substituents is 1. The summed E-state index contributed by atoms with van der Waals surface area (Å²) in [5.41, 5.74) is 0.139. The van der Waals surface area contributed by atoms with E-state index < -0.39 is 11.0 Å². The predicted molar refractivity (Wildman–Crippen MR) is 76.0 cm³/mol. The summed E-state index contributed by atoms with van der Waals surface area (Å²) in [7, 11) is 0. The van der Waals surface area contributed by atoms with Crippen LogP contribution in [0.15, 0.2) is 24.3 Å². The minimum atomic E-state index is -0.540. The highest BCUT2D eigenvalue weighted by molar-refractivity contribution is 6.22. The summed E-state index contributed by atoms with van der Waals surface area (Å²) < 4.78 is 0. The number of hydrogen-bond donors (Lipinski definition) is 1. The van der Waals surface area contributed by atoms with Crippen molar-refractivity contribution in [2.75, 3.05) is 18.0 Å². The van der Waals surface area contributed by atoms with Gasteiger partial charge >= 0.3 is 0 Å². The summed E-state index contributed by atoms with van der Waals surface area (Å²) in [4.78, 5) is 37.0. The minimum absolute atomic E-state index is 0.133. The summed E-state index contributed by atoms with van der Waals surface area (Å²) in [6, 6.07) is 5.22. The average molecular weight is 292 g/mol. The predicted octanol–water partition coefficient (Wildman–Crippen LogP) is 0.151. The molecule has 1 aliphatic heterocycles. The Bertz CT molecular complexity index is 583. The Morgan fingerprint density at radius 1 is 1.33 bits per heavy atom. The van der Waals surface area contributed by atoms with E-state index in [4.69, 9.17) is 0 Å². The minimum Gasteiger partial charge on any atom is -0.325 e. The van der Waals surface area contributed by atoms with Gasteiger partial charge in [-0.05, 0) is 19.9 Å². The average Bonchev–Trinajstić information content (AvgIpc) is 2.76. The first-order chi connectivity index (χ1) is 9.99. The molecule has 1 aliphatic rings. The number of carbonyl (C=O) groups is 2. The third kappa shape index (κ3) is 2.78. The molecule has 1 fully saturated rings. The van der Waals surface area contributed by atoms with Crippen molar-refractivity contribution in [3.63, 3.8) is 0 Å². The van der Waals surface area contributed by atoms with E-state index in [2.05, 4.69) is 0 Å². The van der Waals surface area contributed by atoms with Crippen LogP contribution >= 0.6 is 0 Å². The molecular weight excluding hydrogens is 274 g/mol. The topological polar surface area (TPSA) is 85.0 Å². The van der Waals surface area contributed by atoms with E-state index in [0.717, 1.165) is 22.9 Å². The largest absolute Gasteiger partial charge is 0.325 e. The van der Waals surface area contributed by atoms with Crippen molar-refractivity contribution >= 4 is 23.2 Å². The number of carbonyl (C=O) groups excluding carboxylic acids is 2. The molecule has 2 amide bonds. The number of nitrogens with one attached hydrogen (secondary N) is 1. The number of anilines is 1. The van der Waals surface area contributed by atoms with Crippen LogP contribution in [-0.4, -0.2) is 35.9 Å². The van der Waals surface area contributed by atoms with Crippen molar-refractivity contribution < 1.29 is 19.4 Å². The molecule has 0 spiro atoms. The Kier molecular flexibility index (Phi) is 4.32. The molecule has 1 unspecified atom stereocenters. The van der Waals surface area contributed by atoms with Crippen LogP contribution in [0.2, 0.25) is 0 Å². The van der Waals surface area contributed by atoms with E-state index in [0.29, 0.717) is 0 Å². The SMILES string of the molecule is CC[NH+](CC)C1CC(=O)N(c2cccc([N+](=O)[O-])c2)C1=O. The molecule has 21 heavy (non-hydrogen) atoms. The lowest BCUT2D eigenvalue weighted by Gasteiger charge is -2.21. The third-order valence-electron chi connectivity index (χ3n) is 3.85. The van der Waals surface area contributed by atoms with Gasteiger partial charge in [-0.1, -0.05) is 6.07 Å². The highest BCUT2D eigenvalue weighted by Gasteiger charge is 2.45. The van der Waals surface area contributed by atoms with Gasteiger partial charge in [-0.3, -0.25) is 19.7 Å². The molecule has 1 aromatic carbocycles. The fraction of sp³-hybridized carbons (Fsp3) is 0.429. The number of nitro benzene ring substituents is 1. The summed E-state index contributed by atoms with van der Waals surface area (Å²) in [5.74, 6) is -0.580. The van der Waals surface area contributed by atoms with Crippen LogP contribution in [0.3, 0.4) is 0 Å². The number of nitro groups is 1. The molecular formula is C14H18N3O4+. The van der Waals surface area contributed by atoms with E-state index in [1.165, 1.54) is 18.2 Å². The fourth-order valence-corrected chi connectivity index (χ4v) is 2.71. The number of imide groups is 1. The molecule has 7 nitrogen and oxygen atoms in total. The van der Waals surface area contributed by atoms with E-state index in [-0.39, 0.29) is 29.6 Å². The molecule has 1 heterocycles. The first-order valence-corrected chi connectivity index (χ1v) is 6.95. The molecule has 0 bridgehead atoms. The second kappa shape index (κ2) is 6.01. The number of likely N-dealkylation sites (N-methyl/N-ethyl adjacent to an activating group) is 1. The second-order valence-electron chi connectivity index (χ2n) is 4.97. The maximum Gasteiger partial charge on any atom is 0.292 e. The molecule has 1 atom stereocenters. The van der Waals surface area contributed by atoms with Crippen LogP contribution in [0.25, 0.3) is 0 Å². The summed E-state index contributed by atoms with van der Waals surface area (Å²) in [6.07, 6.45) is 0.151. The Morgan fingerprint density at radius 3 is 2.57 bits per heavy atom. The van der Waals surface area contributed by atoms with Crippen molar-refractivity contribution in [3.8, 4) is 0 Å².